The molecule has 0 saturated heterocycles. The van der Waals surface area contributed by atoms with Gasteiger partial charge in [-0.05, 0) is 38.5 Å². The zero-order chi connectivity index (χ0) is 14.5. The van der Waals surface area contributed by atoms with Crippen molar-refractivity contribution >= 4 is 11.5 Å². The molecule has 1 unspecified atom stereocenters. The Morgan fingerprint density at radius 1 is 1.50 bits per heavy atom. The summed E-state index contributed by atoms with van der Waals surface area (Å²) in [6.07, 6.45) is 4.80. The van der Waals surface area contributed by atoms with E-state index in [-0.39, 0.29) is 11.7 Å². The van der Waals surface area contributed by atoms with Gasteiger partial charge in [-0.15, -0.1) is 0 Å². The van der Waals surface area contributed by atoms with E-state index in [1.807, 2.05) is 19.1 Å². The van der Waals surface area contributed by atoms with Gasteiger partial charge in [-0.2, -0.15) is 0 Å². The van der Waals surface area contributed by atoms with Gasteiger partial charge in [0, 0.05) is 24.2 Å². The number of hydrogen-bond donors (Lipinski definition) is 1. The number of rotatable bonds is 6. The number of nitrogens with zero attached hydrogens (tertiary/aromatic N) is 2. The van der Waals surface area contributed by atoms with Gasteiger partial charge in [0.05, 0.1) is 11.2 Å². The molecular weight excluding hydrogens is 258 g/mol. The van der Waals surface area contributed by atoms with Gasteiger partial charge in [0.2, 0.25) is 5.82 Å². The molecular formula is C14H17N3O3. The van der Waals surface area contributed by atoms with Crippen LogP contribution in [0.4, 0.5) is 11.5 Å². The Labute approximate surface area is 117 Å². The van der Waals surface area contributed by atoms with Crippen molar-refractivity contribution in [2.24, 2.45) is 0 Å². The Morgan fingerprint density at radius 3 is 2.95 bits per heavy atom. The van der Waals surface area contributed by atoms with E-state index in [1.165, 1.54) is 0 Å². The largest absolute Gasteiger partial charge is 0.469 e. The molecule has 0 fully saturated rings. The Kier molecular flexibility index (Phi) is 4.34. The van der Waals surface area contributed by atoms with Crippen LogP contribution in [0.15, 0.2) is 35.1 Å². The second-order valence-corrected chi connectivity index (χ2v) is 4.75. The Bertz CT molecular complexity index is 581. The lowest BCUT2D eigenvalue weighted by atomic mass is 10.1. The molecule has 0 aliphatic rings. The first-order valence-corrected chi connectivity index (χ1v) is 6.47. The van der Waals surface area contributed by atoms with E-state index in [2.05, 4.69) is 10.3 Å². The number of hydrogen-bond acceptors (Lipinski definition) is 5. The fourth-order valence-corrected chi connectivity index (χ4v) is 2.01. The van der Waals surface area contributed by atoms with Crippen molar-refractivity contribution in [3.63, 3.8) is 0 Å². The molecule has 6 heteroatoms. The van der Waals surface area contributed by atoms with Gasteiger partial charge in [0.1, 0.15) is 5.76 Å². The van der Waals surface area contributed by atoms with Gasteiger partial charge in [-0.3, -0.25) is 10.1 Å². The van der Waals surface area contributed by atoms with Gasteiger partial charge < -0.3 is 9.73 Å². The zero-order valence-electron chi connectivity index (χ0n) is 11.5. The van der Waals surface area contributed by atoms with Crippen LogP contribution < -0.4 is 5.32 Å². The van der Waals surface area contributed by atoms with Gasteiger partial charge in [0.15, 0.2) is 0 Å². The van der Waals surface area contributed by atoms with E-state index in [4.69, 9.17) is 4.42 Å². The van der Waals surface area contributed by atoms with Crippen molar-refractivity contribution in [3.05, 3.63) is 52.1 Å². The summed E-state index contributed by atoms with van der Waals surface area (Å²) in [7, 11) is 0. The average Bonchev–Trinajstić information content (AvgIpc) is 2.89. The van der Waals surface area contributed by atoms with Gasteiger partial charge >= 0.3 is 5.69 Å². The molecule has 2 aromatic heterocycles. The molecule has 0 amide bonds. The first-order valence-electron chi connectivity index (χ1n) is 6.47. The summed E-state index contributed by atoms with van der Waals surface area (Å²) in [5.74, 6) is 1.23. The molecule has 6 nitrogen and oxygen atoms in total. The van der Waals surface area contributed by atoms with E-state index in [0.29, 0.717) is 11.4 Å². The van der Waals surface area contributed by atoms with Crippen molar-refractivity contribution in [1.82, 2.24) is 4.98 Å². The third-order valence-electron chi connectivity index (χ3n) is 3.10. The first-order chi connectivity index (χ1) is 9.58. The second-order valence-electron chi connectivity index (χ2n) is 4.75. The maximum absolute atomic E-state index is 11.1. The molecule has 0 saturated carbocycles. The smallest absolute Gasteiger partial charge is 0.314 e. The van der Waals surface area contributed by atoms with Crippen LogP contribution in [0.25, 0.3) is 0 Å². The fourth-order valence-electron chi connectivity index (χ4n) is 2.01. The number of furan rings is 1. The SMILES string of the molecule is Cc1ccnc(NC(C)CCc2ccco2)c1[N+](=O)[O-]. The Morgan fingerprint density at radius 2 is 2.30 bits per heavy atom. The number of anilines is 1. The average molecular weight is 275 g/mol. The molecule has 0 aliphatic carbocycles. The van der Waals surface area contributed by atoms with Crippen LogP contribution in [0.3, 0.4) is 0 Å². The minimum Gasteiger partial charge on any atom is -0.469 e. The highest BCUT2D eigenvalue weighted by Crippen LogP contribution is 2.26. The van der Waals surface area contributed by atoms with Crippen LogP contribution in [0.1, 0.15) is 24.7 Å². The summed E-state index contributed by atoms with van der Waals surface area (Å²) < 4.78 is 5.26. The topological polar surface area (TPSA) is 81.2 Å². The van der Waals surface area contributed by atoms with E-state index < -0.39 is 4.92 Å². The van der Waals surface area contributed by atoms with Gasteiger partial charge in [0.25, 0.3) is 0 Å². The summed E-state index contributed by atoms with van der Waals surface area (Å²) in [6.45, 7) is 3.68. The quantitative estimate of drug-likeness (QED) is 0.646. The van der Waals surface area contributed by atoms with Crippen molar-refractivity contribution < 1.29 is 9.34 Å². The lowest BCUT2D eigenvalue weighted by Gasteiger charge is -2.14. The molecule has 20 heavy (non-hydrogen) atoms. The maximum Gasteiger partial charge on any atom is 0.314 e. The summed E-state index contributed by atoms with van der Waals surface area (Å²) in [4.78, 5) is 14.7. The zero-order valence-corrected chi connectivity index (χ0v) is 11.5. The lowest BCUT2D eigenvalue weighted by molar-refractivity contribution is -0.384. The highest BCUT2D eigenvalue weighted by atomic mass is 16.6. The van der Waals surface area contributed by atoms with Crippen molar-refractivity contribution in [2.75, 3.05) is 5.32 Å². The normalized spacial score (nSPS) is 12.1. The molecule has 0 bridgehead atoms. The molecule has 0 aliphatic heterocycles. The molecule has 0 aromatic carbocycles. The fraction of sp³-hybridized carbons (Fsp3) is 0.357. The molecule has 106 valence electrons. The van der Waals surface area contributed by atoms with Crippen LogP contribution in [0.5, 0.6) is 0 Å². The summed E-state index contributed by atoms with van der Waals surface area (Å²) in [5.41, 5.74) is 0.642. The minimum absolute atomic E-state index is 0.0392. The number of pyridine rings is 1. The van der Waals surface area contributed by atoms with Gasteiger partial charge in [-0.1, -0.05) is 0 Å². The van der Waals surface area contributed by atoms with E-state index in [9.17, 15) is 10.1 Å². The van der Waals surface area contributed by atoms with Crippen molar-refractivity contribution in [1.29, 1.82) is 0 Å². The number of aromatic nitrogens is 1. The predicted molar refractivity (Wildman–Crippen MR) is 75.7 cm³/mol. The molecule has 1 N–H and O–H groups in total. The third kappa shape index (κ3) is 3.34. The number of aryl methyl sites for hydroxylation is 2. The monoisotopic (exact) mass is 275 g/mol. The highest BCUT2D eigenvalue weighted by molar-refractivity contribution is 5.60. The van der Waals surface area contributed by atoms with Crippen LogP contribution in [0, 0.1) is 17.0 Å². The second kappa shape index (κ2) is 6.18. The third-order valence-corrected chi connectivity index (χ3v) is 3.10. The van der Waals surface area contributed by atoms with Crippen LogP contribution in [-0.2, 0) is 6.42 Å². The van der Waals surface area contributed by atoms with Crippen LogP contribution in [0.2, 0.25) is 0 Å². The number of nitro groups is 1. The standard InChI is InChI=1S/C14H17N3O3/c1-10-7-8-15-14(13(10)17(18)19)16-11(2)5-6-12-4-3-9-20-12/h3-4,7-9,11H,5-6H2,1-2H3,(H,15,16). The van der Waals surface area contributed by atoms with Crippen molar-refractivity contribution in [3.8, 4) is 0 Å². The predicted octanol–water partition coefficient (Wildman–Crippen LogP) is 3.32. The lowest BCUT2D eigenvalue weighted by Crippen LogP contribution is -2.18. The Hall–Kier alpha value is -2.37. The molecule has 2 heterocycles. The summed E-state index contributed by atoms with van der Waals surface area (Å²) >= 11 is 0. The van der Waals surface area contributed by atoms with Crippen molar-refractivity contribution in [2.45, 2.75) is 32.7 Å². The Balaban J connectivity index is 2.02. The molecule has 0 radical (unpaired) electrons. The highest BCUT2D eigenvalue weighted by Gasteiger charge is 2.19. The van der Waals surface area contributed by atoms with E-state index in [1.54, 1.807) is 25.5 Å². The van der Waals surface area contributed by atoms with Crippen LogP contribution in [-0.4, -0.2) is 15.9 Å². The van der Waals surface area contributed by atoms with E-state index in [0.717, 1.165) is 18.6 Å². The van der Waals surface area contributed by atoms with Gasteiger partial charge in [-0.25, -0.2) is 4.98 Å². The number of nitrogens with one attached hydrogen (secondary N) is 1. The van der Waals surface area contributed by atoms with Crippen LogP contribution >= 0.6 is 0 Å². The molecule has 1 atom stereocenters. The first kappa shape index (κ1) is 14.0. The molecule has 0 spiro atoms. The summed E-state index contributed by atoms with van der Waals surface area (Å²) in [5, 5.41) is 14.2. The minimum atomic E-state index is -0.399. The van der Waals surface area contributed by atoms with E-state index >= 15 is 0 Å². The summed E-state index contributed by atoms with van der Waals surface area (Å²) in [6, 6.07) is 5.46. The molecule has 2 rings (SSSR count). The maximum atomic E-state index is 11.1. The molecule has 2 aromatic rings.